The molecular weight excluding hydrogens is 246 g/mol. The number of rotatable bonds is 6. The average molecular weight is 269 g/mol. The van der Waals surface area contributed by atoms with Crippen molar-refractivity contribution in [2.45, 2.75) is 39.2 Å². The van der Waals surface area contributed by atoms with Gasteiger partial charge in [0.1, 0.15) is 5.75 Å². The lowest BCUT2D eigenvalue weighted by molar-refractivity contribution is 0.475. The van der Waals surface area contributed by atoms with Crippen LogP contribution < -0.4 is 5.32 Å². The van der Waals surface area contributed by atoms with Crippen molar-refractivity contribution in [3.8, 4) is 5.75 Å². The first-order valence-corrected chi connectivity index (χ1v) is 7.30. The lowest BCUT2D eigenvalue weighted by Gasteiger charge is -2.15. The van der Waals surface area contributed by atoms with Gasteiger partial charge in [0.15, 0.2) is 0 Å². The molecule has 0 spiro atoms. The third kappa shape index (κ3) is 4.30. The van der Waals surface area contributed by atoms with Gasteiger partial charge in [-0.3, -0.25) is 0 Å². The van der Waals surface area contributed by atoms with Crippen molar-refractivity contribution in [1.29, 1.82) is 0 Å². The van der Waals surface area contributed by atoms with Crippen LogP contribution in [0, 0.1) is 0 Å². The first kappa shape index (κ1) is 14.4. The van der Waals surface area contributed by atoms with E-state index in [1.165, 1.54) is 16.8 Å². The summed E-state index contributed by atoms with van der Waals surface area (Å²) in [7, 11) is 0. The van der Waals surface area contributed by atoms with Gasteiger partial charge >= 0.3 is 0 Å². The number of anilines is 1. The molecule has 0 aliphatic carbocycles. The molecule has 0 aromatic heterocycles. The fraction of sp³-hybridized carbons (Fsp3) is 0.333. The van der Waals surface area contributed by atoms with Crippen molar-refractivity contribution in [2.75, 3.05) is 5.32 Å². The number of hydrogen-bond donors (Lipinski definition) is 2. The molecule has 2 N–H and O–H groups in total. The number of benzene rings is 2. The fourth-order valence-electron chi connectivity index (χ4n) is 2.24. The molecule has 0 aliphatic heterocycles. The van der Waals surface area contributed by atoms with Crippen LogP contribution in [0.15, 0.2) is 48.5 Å². The molecular formula is C18H23NO. The van der Waals surface area contributed by atoms with Gasteiger partial charge in [-0.2, -0.15) is 0 Å². The average Bonchev–Trinajstić information content (AvgIpc) is 2.47. The minimum absolute atomic E-state index is 0.330. The van der Waals surface area contributed by atoms with Crippen molar-refractivity contribution in [3.05, 3.63) is 59.7 Å². The molecule has 2 nitrogen and oxygen atoms in total. The molecule has 0 radical (unpaired) electrons. The number of phenols is 1. The van der Waals surface area contributed by atoms with E-state index in [4.69, 9.17) is 0 Å². The predicted octanol–water partition coefficient (Wildman–Crippen LogP) is 4.39. The first-order valence-electron chi connectivity index (χ1n) is 7.30. The number of hydrogen-bond acceptors (Lipinski definition) is 2. The highest BCUT2D eigenvalue weighted by atomic mass is 16.3. The Labute approximate surface area is 121 Å². The molecule has 0 fully saturated rings. The van der Waals surface area contributed by atoms with Gasteiger partial charge in [0, 0.05) is 11.7 Å². The van der Waals surface area contributed by atoms with Crippen LogP contribution in [0.4, 0.5) is 5.69 Å². The van der Waals surface area contributed by atoms with Gasteiger partial charge in [-0.25, -0.2) is 0 Å². The Morgan fingerprint density at radius 2 is 1.55 bits per heavy atom. The second-order valence-corrected chi connectivity index (χ2v) is 5.30. The Bertz CT molecular complexity index is 516. The molecule has 0 saturated carbocycles. The Hall–Kier alpha value is -1.96. The largest absolute Gasteiger partial charge is 0.508 e. The van der Waals surface area contributed by atoms with E-state index >= 15 is 0 Å². The van der Waals surface area contributed by atoms with E-state index in [1.807, 2.05) is 12.1 Å². The summed E-state index contributed by atoms with van der Waals surface area (Å²) in [4.78, 5) is 0. The van der Waals surface area contributed by atoms with Crippen molar-refractivity contribution in [3.63, 3.8) is 0 Å². The summed E-state index contributed by atoms with van der Waals surface area (Å²) in [5.74, 6) is 0.330. The van der Waals surface area contributed by atoms with Gasteiger partial charge in [-0.15, -0.1) is 0 Å². The molecule has 0 heterocycles. The molecule has 1 unspecified atom stereocenters. The maximum Gasteiger partial charge on any atom is 0.115 e. The molecule has 0 bridgehead atoms. The zero-order valence-corrected chi connectivity index (χ0v) is 12.3. The van der Waals surface area contributed by atoms with Crippen LogP contribution in [-0.4, -0.2) is 11.1 Å². The highest BCUT2D eigenvalue weighted by molar-refractivity contribution is 5.45. The molecule has 106 valence electrons. The Balaban J connectivity index is 1.82. The summed E-state index contributed by atoms with van der Waals surface area (Å²) in [6.45, 7) is 4.37. The normalized spacial score (nSPS) is 12.1. The summed E-state index contributed by atoms with van der Waals surface area (Å²) in [6.07, 6.45) is 3.17. The van der Waals surface area contributed by atoms with Crippen LogP contribution in [0.25, 0.3) is 0 Å². The van der Waals surface area contributed by atoms with Crippen molar-refractivity contribution < 1.29 is 5.11 Å². The lowest BCUT2D eigenvalue weighted by Crippen LogP contribution is -2.15. The van der Waals surface area contributed by atoms with Gasteiger partial charge < -0.3 is 10.4 Å². The second-order valence-electron chi connectivity index (χ2n) is 5.30. The van der Waals surface area contributed by atoms with E-state index in [-0.39, 0.29) is 0 Å². The SMILES string of the molecule is CCc1ccc(NC(C)CCc2ccc(O)cc2)cc1. The van der Waals surface area contributed by atoms with E-state index in [0.29, 0.717) is 11.8 Å². The zero-order valence-electron chi connectivity index (χ0n) is 12.3. The van der Waals surface area contributed by atoms with Crippen LogP contribution in [0.5, 0.6) is 5.75 Å². The van der Waals surface area contributed by atoms with E-state index in [1.54, 1.807) is 12.1 Å². The minimum Gasteiger partial charge on any atom is -0.508 e. The molecule has 2 aromatic carbocycles. The van der Waals surface area contributed by atoms with Crippen molar-refractivity contribution in [2.24, 2.45) is 0 Å². The van der Waals surface area contributed by atoms with Gasteiger partial charge in [0.25, 0.3) is 0 Å². The molecule has 0 saturated heterocycles. The summed E-state index contributed by atoms with van der Waals surface area (Å²) in [6, 6.07) is 16.5. The van der Waals surface area contributed by atoms with Gasteiger partial charge in [0.05, 0.1) is 0 Å². The summed E-state index contributed by atoms with van der Waals surface area (Å²) < 4.78 is 0. The molecule has 0 aliphatic rings. The summed E-state index contributed by atoms with van der Waals surface area (Å²) >= 11 is 0. The maximum absolute atomic E-state index is 9.26. The number of phenolic OH excluding ortho intramolecular Hbond substituents is 1. The first-order chi connectivity index (χ1) is 9.67. The third-order valence-corrected chi connectivity index (χ3v) is 3.58. The van der Waals surface area contributed by atoms with Crippen LogP contribution in [0.2, 0.25) is 0 Å². The molecule has 0 amide bonds. The lowest BCUT2D eigenvalue weighted by atomic mass is 10.1. The quantitative estimate of drug-likeness (QED) is 0.815. The second kappa shape index (κ2) is 6.99. The van der Waals surface area contributed by atoms with Crippen LogP contribution in [-0.2, 0) is 12.8 Å². The molecule has 2 heteroatoms. The number of aromatic hydroxyl groups is 1. The van der Waals surface area contributed by atoms with Gasteiger partial charge in [-0.1, -0.05) is 31.2 Å². The highest BCUT2D eigenvalue weighted by Gasteiger charge is 2.03. The van der Waals surface area contributed by atoms with E-state index in [9.17, 15) is 5.11 Å². The van der Waals surface area contributed by atoms with Crippen LogP contribution in [0.1, 0.15) is 31.4 Å². The maximum atomic E-state index is 9.26. The topological polar surface area (TPSA) is 32.3 Å². The molecule has 1 atom stereocenters. The smallest absolute Gasteiger partial charge is 0.115 e. The minimum atomic E-state index is 0.330. The van der Waals surface area contributed by atoms with Gasteiger partial charge in [0.2, 0.25) is 0 Å². The standard InChI is InChI=1S/C18H23NO/c1-3-15-6-10-17(11-7-15)19-14(2)4-5-16-8-12-18(20)13-9-16/h6-14,19-20H,3-5H2,1-2H3. The van der Waals surface area contributed by atoms with Gasteiger partial charge in [-0.05, 0) is 61.6 Å². The zero-order chi connectivity index (χ0) is 14.4. The van der Waals surface area contributed by atoms with Crippen molar-refractivity contribution in [1.82, 2.24) is 0 Å². The van der Waals surface area contributed by atoms with Crippen LogP contribution in [0.3, 0.4) is 0 Å². The van der Waals surface area contributed by atoms with E-state index in [2.05, 4.69) is 43.4 Å². The Morgan fingerprint density at radius 1 is 0.950 bits per heavy atom. The Morgan fingerprint density at radius 3 is 2.15 bits per heavy atom. The highest BCUT2D eigenvalue weighted by Crippen LogP contribution is 2.15. The summed E-state index contributed by atoms with van der Waals surface area (Å²) in [5, 5.41) is 12.8. The van der Waals surface area contributed by atoms with E-state index in [0.717, 1.165) is 19.3 Å². The van der Waals surface area contributed by atoms with Crippen LogP contribution >= 0.6 is 0 Å². The van der Waals surface area contributed by atoms with Crippen molar-refractivity contribution >= 4 is 5.69 Å². The predicted molar refractivity (Wildman–Crippen MR) is 85.3 cm³/mol. The molecule has 2 aromatic rings. The number of nitrogens with one attached hydrogen (secondary N) is 1. The number of aryl methyl sites for hydroxylation is 2. The fourth-order valence-corrected chi connectivity index (χ4v) is 2.24. The Kier molecular flexibility index (Phi) is 5.05. The molecule has 20 heavy (non-hydrogen) atoms. The van der Waals surface area contributed by atoms with E-state index < -0.39 is 0 Å². The molecule has 2 rings (SSSR count). The summed E-state index contributed by atoms with van der Waals surface area (Å²) in [5.41, 5.74) is 3.81. The third-order valence-electron chi connectivity index (χ3n) is 3.58. The monoisotopic (exact) mass is 269 g/mol.